The maximum atomic E-state index is 13.3. The van der Waals surface area contributed by atoms with E-state index in [0.717, 1.165) is 0 Å². The van der Waals surface area contributed by atoms with Crippen molar-refractivity contribution in [3.05, 3.63) is 64.0 Å². The molecule has 32 heavy (non-hydrogen) atoms. The lowest BCUT2D eigenvalue weighted by atomic mass is 9.87. The van der Waals surface area contributed by atoms with Gasteiger partial charge < -0.3 is 29.4 Å². The van der Waals surface area contributed by atoms with Gasteiger partial charge in [0.2, 0.25) is 12.7 Å². The van der Waals surface area contributed by atoms with E-state index < -0.39 is 12.0 Å². The van der Waals surface area contributed by atoms with E-state index in [1.165, 1.54) is 12.3 Å². The molecule has 0 spiro atoms. The Balaban J connectivity index is 1.56. The molecule has 9 heteroatoms. The fraction of sp³-hybridized carbons (Fsp3) is 0.304. The SMILES string of the molecule is O=C(C[C@H](c1cc2c(cc1O)OCO2)c1coc2ccccc2c1=O)N[C@@H]1CSC[C@H]1O. The summed E-state index contributed by atoms with van der Waals surface area (Å²) in [7, 11) is 0. The number of rotatable bonds is 5. The quantitative estimate of drug-likeness (QED) is 0.537. The maximum absolute atomic E-state index is 13.3. The van der Waals surface area contributed by atoms with Crippen LogP contribution < -0.4 is 20.2 Å². The first kappa shape index (κ1) is 20.7. The molecule has 0 radical (unpaired) electrons. The van der Waals surface area contributed by atoms with Gasteiger partial charge >= 0.3 is 0 Å². The number of ether oxygens (including phenoxy) is 2. The molecule has 8 nitrogen and oxygen atoms in total. The van der Waals surface area contributed by atoms with Crippen LogP contribution in [-0.4, -0.2) is 46.6 Å². The molecule has 5 rings (SSSR count). The highest BCUT2D eigenvalue weighted by atomic mass is 32.2. The minimum Gasteiger partial charge on any atom is -0.508 e. The van der Waals surface area contributed by atoms with Crippen molar-refractivity contribution in [2.24, 2.45) is 0 Å². The number of nitrogens with one attached hydrogen (secondary N) is 1. The number of phenols is 1. The lowest BCUT2D eigenvalue weighted by Gasteiger charge is -2.21. The summed E-state index contributed by atoms with van der Waals surface area (Å²) in [6.45, 7) is 0.0265. The van der Waals surface area contributed by atoms with Gasteiger partial charge in [0, 0.05) is 41.0 Å². The Morgan fingerprint density at radius 3 is 2.72 bits per heavy atom. The van der Waals surface area contributed by atoms with Crippen molar-refractivity contribution in [1.29, 1.82) is 0 Å². The van der Waals surface area contributed by atoms with Crippen LogP contribution in [0.5, 0.6) is 17.2 Å². The molecule has 0 aliphatic carbocycles. The van der Waals surface area contributed by atoms with Gasteiger partial charge in [-0.2, -0.15) is 11.8 Å². The number of aliphatic hydroxyl groups excluding tert-OH is 1. The number of thioether (sulfide) groups is 1. The van der Waals surface area contributed by atoms with Crippen LogP contribution in [0.15, 0.2) is 51.9 Å². The molecule has 2 aliphatic rings. The molecule has 3 heterocycles. The van der Waals surface area contributed by atoms with Crippen LogP contribution in [0.4, 0.5) is 0 Å². The van der Waals surface area contributed by atoms with E-state index in [4.69, 9.17) is 13.9 Å². The highest BCUT2D eigenvalue weighted by Crippen LogP contribution is 2.42. The third-order valence-corrected chi connectivity index (χ3v) is 6.94. The molecule has 1 fully saturated rings. The lowest BCUT2D eigenvalue weighted by molar-refractivity contribution is -0.122. The molecule has 166 valence electrons. The minimum atomic E-state index is -0.795. The summed E-state index contributed by atoms with van der Waals surface area (Å²) in [5.74, 6) is 0.747. The van der Waals surface area contributed by atoms with Crippen molar-refractivity contribution in [2.75, 3.05) is 18.3 Å². The van der Waals surface area contributed by atoms with Crippen LogP contribution in [0.2, 0.25) is 0 Å². The number of para-hydroxylation sites is 1. The zero-order valence-electron chi connectivity index (χ0n) is 16.9. The molecular weight excluding hydrogens is 434 g/mol. The summed E-state index contributed by atoms with van der Waals surface area (Å²) < 4.78 is 16.4. The van der Waals surface area contributed by atoms with Gasteiger partial charge in [0.1, 0.15) is 11.3 Å². The standard InChI is InChI=1S/C23H21NO7S/c25-17-7-21-20(30-11-31-21)5-14(17)13(6-22(27)24-16-9-32-10-18(16)26)15-8-29-19-4-2-1-3-12(19)23(15)28/h1-5,7-8,13,16,18,25-26H,6,9-11H2,(H,24,27)/t13-,16-,18-/m1/s1. The second-order valence-corrected chi connectivity index (χ2v) is 8.89. The number of benzene rings is 2. The molecule has 0 bridgehead atoms. The number of carbonyl (C=O) groups excluding carboxylic acids is 1. The molecule has 1 saturated heterocycles. The molecule has 3 atom stereocenters. The van der Waals surface area contributed by atoms with Crippen molar-refractivity contribution in [1.82, 2.24) is 5.32 Å². The Bertz CT molecular complexity index is 1240. The van der Waals surface area contributed by atoms with Gasteiger partial charge in [-0.25, -0.2) is 0 Å². The Labute approximate surface area is 187 Å². The predicted molar refractivity (Wildman–Crippen MR) is 118 cm³/mol. The third-order valence-electron chi connectivity index (χ3n) is 5.77. The fourth-order valence-corrected chi connectivity index (χ4v) is 5.25. The van der Waals surface area contributed by atoms with Crippen molar-refractivity contribution < 1.29 is 28.9 Å². The highest BCUT2D eigenvalue weighted by molar-refractivity contribution is 7.99. The number of fused-ring (bicyclic) bond motifs is 2. The summed E-state index contributed by atoms with van der Waals surface area (Å²) in [5, 5.41) is 24.0. The van der Waals surface area contributed by atoms with E-state index in [9.17, 15) is 19.8 Å². The molecule has 1 aromatic heterocycles. The number of aliphatic hydroxyl groups is 1. The van der Waals surface area contributed by atoms with Crippen LogP contribution in [0.25, 0.3) is 11.0 Å². The monoisotopic (exact) mass is 455 g/mol. The number of hydrogen-bond acceptors (Lipinski definition) is 8. The van der Waals surface area contributed by atoms with Gasteiger partial charge in [-0.15, -0.1) is 0 Å². The second-order valence-electron chi connectivity index (χ2n) is 7.82. The van der Waals surface area contributed by atoms with Crippen LogP contribution in [0.3, 0.4) is 0 Å². The molecule has 3 N–H and O–H groups in total. The van der Waals surface area contributed by atoms with Crippen molar-refractivity contribution in [2.45, 2.75) is 24.5 Å². The first-order valence-corrected chi connectivity index (χ1v) is 11.3. The Hall–Kier alpha value is -3.17. The van der Waals surface area contributed by atoms with Crippen LogP contribution in [0, 0.1) is 0 Å². The Morgan fingerprint density at radius 1 is 1.16 bits per heavy atom. The smallest absolute Gasteiger partial charge is 0.231 e. The highest BCUT2D eigenvalue weighted by Gasteiger charge is 2.31. The number of aromatic hydroxyl groups is 1. The largest absolute Gasteiger partial charge is 0.508 e. The van der Waals surface area contributed by atoms with Gasteiger partial charge in [0.05, 0.1) is 23.8 Å². The van der Waals surface area contributed by atoms with Crippen molar-refractivity contribution in [3.8, 4) is 17.2 Å². The molecule has 3 aromatic rings. The summed E-state index contributed by atoms with van der Waals surface area (Å²) in [5.41, 5.74) is 0.756. The van der Waals surface area contributed by atoms with Gasteiger partial charge in [-0.3, -0.25) is 9.59 Å². The number of hydrogen-bond donors (Lipinski definition) is 3. The summed E-state index contributed by atoms with van der Waals surface area (Å²) in [4.78, 5) is 26.2. The number of phenolic OH excluding ortho intramolecular Hbond substituents is 1. The second kappa shape index (κ2) is 8.40. The van der Waals surface area contributed by atoms with Crippen molar-refractivity contribution >= 4 is 28.6 Å². The van der Waals surface area contributed by atoms with Gasteiger partial charge in [0.25, 0.3) is 0 Å². The molecule has 2 aromatic carbocycles. The lowest BCUT2D eigenvalue weighted by Crippen LogP contribution is -2.43. The van der Waals surface area contributed by atoms with E-state index in [1.807, 2.05) is 0 Å². The minimum absolute atomic E-state index is 0.0265. The zero-order chi connectivity index (χ0) is 22.2. The molecule has 1 amide bonds. The van der Waals surface area contributed by atoms with Crippen molar-refractivity contribution in [3.63, 3.8) is 0 Å². The van der Waals surface area contributed by atoms with E-state index in [-0.39, 0.29) is 41.9 Å². The summed E-state index contributed by atoms with van der Waals surface area (Å²) >= 11 is 1.56. The van der Waals surface area contributed by atoms with E-state index in [1.54, 1.807) is 42.1 Å². The first-order valence-electron chi connectivity index (χ1n) is 10.2. The first-order chi connectivity index (χ1) is 15.5. The molecule has 0 unspecified atom stereocenters. The predicted octanol–water partition coefficient (Wildman–Crippen LogP) is 2.34. The maximum Gasteiger partial charge on any atom is 0.231 e. The molecule has 2 aliphatic heterocycles. The summed E-state index contributed by atoms with van der Waals surface area (Å²) in [6.07, 6.45) is 0.601. The summed E-state index contributed by atoms with van der Waals surface area (Å²) in [6, 6.07) is 9.51. The Morgan fingerprint density at radius 2 is 1.94 bits per heavy atom. The van der Waals surface area contributed by atoms with Crippen LogP contribution in [-0.2, 0) is 4.79 Å². The Kier molecular flexibility index (Phi) is 5.44. The van der Waals surface area contributed by atoms with Gasteiger partial charge in [-0.1, -0.05) is 12.1 Å². The van der Waals surface area contributed by atoms with Gasteiger partial charge in [0.15, 0.2) is 16.9 Å². The fourth-order valence-electron chi connectivity index (χ4n) is 4.08. The zero-order valence-corrected chi connectivity index (χ0v) is 17.8. The van der Waals surface area contributed by atoms with E-state index >= 15 is 0 Å². The average molecular weight is 455 g/mol. The van der Waals surface area contributed by atoms with Crippen LogP contribution >= 0.6 is 11.8 Å². The van der Waals surface area contributed by atoms with Gasteiger partial charge in [-0.05, 0) is 18.2 Å². The average Bonchev–Trinajstić information content (AvgIpc) is 3.40. The topological polar surface area (TPSA) is 118 Å². The van der Waals surface area contributed by atoms with Crippen LogP contribution in [0.1, 0.15) is 23.5 Å². The molecular formula is C23H21NO7S. The van der Waals surface area contributed by atoms with E-state index in [2.05, 4.69) is 5.32 Å². The normalized spacial score (nSPS) is 20.4. The third kappa shape index (κ3) is 3.78. The number of amides is 1. The molecule has 0 saturated carbocycles. The van der Waals surface area contributed by atoms with E-state index in [0.29, 0.717) is 39.5 Å². The number of carbonyl (C=O) groups is 1.